The van der Waals surface area contributed by atoms with E-state index in [0.29, 0.717) is 34.0 Å². The van der Waals surface area contributed by atoms with Crippen LogP contribution >= 0.6 is 0 Å². The van der Waals surface area contributed by atoms with E-state index >= 15 is 0 Å². The Morgan fingerprint density at radius 1 is 0.906 bits per heavy atom. The SMILES string of the molecule is COc1ccc(-c2c(NC(=O)c3ccccc3C)n(-c3ccccc3)nc(C)c2=O)cc1. The van der Waals surface area contributed by atoms with Crippen LogP contribution in [0.15, 0.2) is 83.7 Å². The number of aromatic nitrogens is 2. The molecule has 0 fully saturated rings. The maximum atomic E-state index is 13.3. The molecule has 0 atom stereocenters. The lowest BCUT2D eigenvalue weighted by molar-refractivity contribution is 0.102. The molecule has 0 saturated heterocycles. The summed E-state index contributed by atoms with van der Waals surface area (Å²) in [4.78, 5) is 26.5. The van der Waals surface area contributed by atoms with Crippen LogP contribution < -0.4 is 15.5 Å². The van der Waals surface area contributed by atoms with Gasteiger partial charge in [0.15, 0.2) is 0 Å². The van der Waals surface area contributed by atoms with Crippen molar-refractivity contribution >= 4 is 11.7 Å². The molecular formula is C26H23N3O3. The first kappa shape index (κ1) is 21.1. The van der Waals surface area contributed by atoms with Crippen LogP contribution in [0.2, 0.25) is 0 Å². The third-order valence-electron chi connectivity index (χ3n) is 5.26. The van der Waals surface area contributed by atoms with Crippen molar-refractivity contribution in [2.24, 2.45) is 0 Å². The predicted molar refractivity (Wildman–Crippen MR) is 126 cm³/mol. The Labute approximate surface area is 186 Å². The first-order valence-electron chi connectivity index (χ1n) is 10.2. The Hall–Kier alpha value is -4.19. The highest BCUT2D eigenvalue weighted by Crippen LogP contribution is 2.29. The summed E-state index contributed by atoms with van der Waals surface area (Å²) in [7, 11) is 1.59. The number of methoxy groups -OCH3 is 1. The van der Waals surface area contributed by atoms with Crippen molar-refractivity contribution in [3.63, 3.8) is 0 Å². The molecule has 0 aliphatic rings. The molecule has 0 bridgehead atoms. The quantitative estimate of drug-likeness (QED) is 0.500. The first-order valence-corrected chi connectivity index (χ1v) is 10.2. The molecule has 0 radical (unpaired) electrons. The maximum absolute atomic E-state index is 13.3. The van der Waals surface area contributed by atoms with Gasteiger partial charge in [0.25, 0.3) is 5.91 Å². The summed E-state index contributed by atoms with van der Waals surface area (Å²) in [5.41, 5.74) is 3.20. The smallest absolute Gasteiger partial charge is 0.257 e. The van der Waals surface area contributed by atoms with Gasteiger partial charge < -0.3 is 10.1 Å². The average molecular weight is 425 g/mol. The highest BCUT2D eigenvalue weighted by Gasteiger charge is 2.21. The van der Waals surface area contributed by atoms with Crippen LogP contribution in [0.4, 0.5) is 5.82 Å². The van der Waals surface area contributed by atoms with E-state index < -0.39 is 0 Å². The summed E-state index contributed by atoms with van der Waals surface area (Å²) in [6.45, 7) is 3.54. The third kappa shape index (κ3) is 4.03. The summed E-state index contributed by atoms with van der Waals surface area (Å²) in [6, 6.07) is 23.9. The molecule has 6 heteroatoms. The number of nitrogens with one attached hydrogen (secondary N) is 1. The van der Waals surface area contributed by atoms with Crippen molar-refractivity contribution in [2.45, 2.75) is 13.8 Å². The molecule has 0 spiro atoms. The van der Waals surface area contributed by atoms with Gasteiger partial charge in [0.05, 0.1) is 18.4 Å². The number of benzene rings is 3. The fraction of sp³-hybridized carbons (Fsp3) is 0.115. The zero-order valence-corrected chi connectivity index (χ0v) is 18.1. The molecule has 1 heterocycles. The van der Waals surface area contributed by atoms with Gasteiger partial charge in [-0.1, -0.05) is 48.5 Å². The summed E-state index contributed by atoms with van der Waals surface area (Å²) < 4.78 is 6.86. The van der Waals surface area contributed by atoms with Crippen LogP contribution in [-0.2, 0) is 0 Å². The summed E-state index contributed by atoms with van der Waals surface area (Å²) >= 11 is 0. The minimum atomic E-state index is -0.312. The van der Waals surface area contributed by atoms with Crippen LogP contribution in [0.3, 0.4) is 0 Å². The Kier molecular flexibility index (Phi) is 5.85. The fourth-order valence-corrected chi connectivity index (χ4v) is 3.54. The van der Waals surface area contributed by atoms with Crippen LogP contribution in [0.1, 0.15) is 21.6 Å². The van der Waals surface area contributed by atoms with Gasteiger partial charge in [0.1, 0.15) is 17.3 Å². The standard InChI is InChI=1S/C26H23N3O3/c1-17-9-7-8-12-22(17)26(31)27-25-23(19-13-15-21(32-3)16-14-19)24(30)18(2)28-29(25)20-10-5-4-6-11-20/h4-16H,1-3H3,(H,27,31). The van der Waals surface area contributed by atoms with Crippen LogP contribution in [0.25, 0.3) is 16.8 Å². The number of carbonyl (C=O) groups excluding carboxylic acids is 1. The monoisotopic (exact) mass is 425 g/mol. The molecule has 3 aromatic carbocycles. The number of aryl methyl sites for hydroxylation is 2. The number of hydrogen-bond acceptors (Lipinski definition) is 4. The van der Waals surface area contributed by atoms with Gasteiger partial charge in [-0.15, -0.1) is 0 Å². The van der Waals surface area contributed by atoms with Crippen LogP contribution in [-0.4, -0.2) is 22.8 Å². The van der Waals surface area contributed by atoms with Gasteiger partial charge in [-0.2, -0.15) is 5.10 Å². The lowest BCUT2D eigenvalue weighted by Crippen LogP contribution is -2.25. The Morgan fingerprint density at radius 3 is 2.22 bits per heavy atom. The van der Waals surface area contributed by atoms with Gasteiger partial charge >= 0.3 is 0 Å². The summed E-state index contributed by atoms with van der Waals surface area (Å²) in [5, 5.41) is 7.46. The topological polar surface area (TPSA) is 73.2 Å². The normalized spacial score (nSPS) is 10.6. The number of anilines is 1. The molecule has 0 aliphatic heterocycles. The molecule has 32 heavy (non-hydrogen) atoms. The zero-order chi connectivity index (χ0) is 22.7. The number of carbonyl (C=O) groups is 1. The number of rotatable bonds is 5. The second-order valence-electron chi connectivity index (χ2n) is 7.38. The molecule has 6 nitrogen and oxygen atoms in total. The fourth-order valence-electron chi connectivity index (χ4n) is 3.54. The van der Waals surface area contributed by atoms with E-state index in [9.17, 15) is 9.59 Å². The lowest BCUT2D eigenvalue weighted by Gasteiger charge is -2.19. The molecule has 160 valence electrons. The molecule has 4 rings (SSSR count). The van der Waals surface area contributed by atoms with E-state index in [2.05, 4.69) is 10.4 Å². The third-order valence-corrected chi connectivity index (χ3v) is 5.26. The van der Waals surface area contributed by atoms with E-state index in [-0.39, 0.29) is 11.3 Å². The van der Waals surface area contributed by atoms with E-state index in [4.69, 9.17) is 4.74 Å². The largest absolute Gasteiger partial charge is 0.497 e. The molecule has 0 unspecified atom stereocenters. The first-order chi connectivity index (χ1) is 15.5. The maximum Gasteiger partial charge on any atom is 0.257 e. The second-order valence-corrected chi connectivity index (χ2v) is 7.38. The summed E-state index contributed by atoms with van der Waals surface area (Å²) in [6.07, 6.45) is 0. The van der Waals surface area contributed by atoms with Crippen molar-refractivity contribution in [3.05, 3.63) is 106 Å². The minimum absolute atomic E-state index is 0.248. The number of ether oxygens (including phenoxy) is 1. The molecular weight excluding hydrogens is 402 g/mol. The molecule has 0 saturated carbocycles. The number of hydrogen-bond donors (Lipinski definition) is 1. The lowest BCUT2D eigenvalue weighted by atomic mass is 10.0. The number of nitrogens with zero attached hydrogens (tertiary/aromatic N) is 2. The number of para-hydroxylation sites is 1. The number of amides is 1. The molecule has 1 aromatic heterocycles. The Balaban J connectivity index is 1.95. The van der Waals surface area contributed by atoms with Gasteiger partial charge in [-0.3, -0.25) is 9.59 Å². The van der Waals surface area contributed by atoms with Crippen molar-refractivity contribution < 1.29 is 9.53 Å². The average Bonchev–Trinajstić information content (AvgIpc) is 2.82. The second kappa shape index (κ2) is 8.89. The van der Waals surface area contributed by atoms with Crippen molar-refractivity contribution in [3.8, 4) is 22.6 Å². The predicted octanol–water partition coefficient (Wildman–Crippen LogP) is 4.78. The molecule has 1 N–H and O–H groups in total. The van der Waals surface area contributed by atoms with E-state index in [1.54, 1.807) is 49.0 Å². The molecule has 0 aliphatic carbocycles. The van der Waals surface area contributed by atoms with Crippen molar-refractivity contribution in [1.82, 2.24) is 9.78 Å². The molecule has 4 aromatic rings. The van der Waals surface area contributed by atoms with Gasteiger partial charge in [-0.25, -0.2) is 4.68 Å². The highest BCUT2D eigenvalue weighted by molar-refractivity contribution is 6.06. The van der Waals surface area contributed by atoms with Crippen molar-refractivity contribution in [2.75, 3.05) is 12.4 Å². The van der Waals surface area contributed by atoms with E-state index in [1.165, 1.54) is 0 Å². The minimum Gasteiger partial charge on any atom is -0.497 e. The van der Waals surface area contributed by atoms with Crippen LogP contribution in [0, 0.1) is 13.8 Å². The molecule has 1 amide bonds. The van der Waals surface area contributed by atoms with E-state index in [1.807, 2.05) is 55.5 Å². The summed E-state index contributed by atoms with van der Waals surface area (Å²) in [5.74, 6) is 0.672. The van der Waals surface area contributed by atoms with Gasteiger partial charge in [-0.05, 0) is 55.3 Å². The van der Waals surface area contributed by atoms with Crippen LogP contribution in [0.5, 0.6) is 5.75 Å². The van der Waals surface area contributed by atoms with Gasteiger partial charge in [0.2, 0.25) is 5.43 Å². The van der Waals surface area contributed by atoms with Crippen molar-refractivity contribution in [1.29, 1.82) is 0 Å². The van der Waals surface area contributed by atoms with Gasteiger partial charge in [0, 0.05) is 5.56 Å². The van der Waals surface area contributed by atoms with E-state index in [0.717, 1.165) is 11.3 Å². The zero-order valence-electron chi connectivity index (χ0n) is 18.1. The Morgan fingerprint density at radius 2 is 1.56 bits per heavy atom. The Bertz CT molecular complexity index is 1330. The highest BCUT2D eigenvalue weighted by atomic mass is 16.5.